The summed E-state index contributed by atoms with van der Waals surface area (Å²) in [5.74, 6) is 2.06. The number of methoxy groups -OCH3 is 1. The van der Waals surface area contributed by atoms with Crippen molar-refractivity contribution in [2.24, 2.45) is 7.05 Å². The first kappa shape index (κ1) is 16.9. The summed E-state index contributed by atoms with van der Waals surface area (Å²) in [5, 5.41) is 4.33. The molecule has 0 amide bonds. The number of carbonyl (C=O) groups excluding carboxylic acids is 1. The van der Waals surface area contributed by atoms with Gasteiger partial charge in [0.1, 0.15) is 5.69 Å². The number of ether oxygens (including phenoxy) is 3. The van der Waals surface area contributed by atoms with Crippen molar-refractivity contribution in [2.75, 3.05) is 27.5 Å². The quantitative estimate of drug-likeness (QED) is 0.782. The number of rotatable bonds is 4. The monoisotopic (exact) mass is 357 g/mol. The highest BCUT2D eigenvalue weighted by molar-refractivity contribution is 5.96. The van der Waals surface area contributed by atoms with Crippen LogP contribution in [-0.4, -0.2) is 48.0 Å². The molecule has 2 aromatic rings. The molecule has 0 aliphatic carbocycles. The summed E-state index contributed by atoms with van der Waals surface area (Å²) in [7, 11) is 5.50. The van der Waals surface area contributed by atoms with Gasteiger partial charge in [0.15, 0.2) is 17.3 Å². The summed E-state index contributed by atoms with van der Waals surface area (Å²) < 4.78 is 18.5. The maximum absolute atomic E-state index is 12.9. The van der Waals surface area contributed by atoms with Gasteiger partial charge in [-0.25, -0.2) is 0 Å². The maximum atomic E-state index is 12.9. The summed E-state index contributed by atoms with van der Waals surface area (Å²) in [6, 6.07) is 1.94. The Kier molecular flexibility index (Phi) is 4.11. The highest BCUT2D eigenvalue weighted by Crippen LogP contribution is 2.50. The lowest BCUT2D eigenvalue weighted by Crippen LogP contribution is -2.34. The molecule has 0 N–H and O–H groups in total. The van der Waals surface area contributed by atoms with Crippen LogP contribution in [0.3, 0.4) is 0 Å². The molecule has 26 heavy (non-hydrogen) atoms. The van der Waals surface area contributed by atoms with E-state index in [1.54, 1.807) is 11.8 Å². The molecule has 1 aromatic carbocycles. The standard InChI is InChI=1S/C19H23N3O4/c1-11-9-22(3)20-17(11)14(23)8-13-16-12(5-6-21(13)2)7-15-18(19(16)24-4)26-10-25-15/h7,9,13H,5-6,8,10H2,1-4H3/t13-/m1/s1. The summed E-state index contributed by atoms with van der Waals surface area (Å²) in [5.41, 5.74) is 3.61. The molecule has 0 spiro atoms. The Morgan fingerprint density at radius 3 is 2.88 bits per heavy atom. The second kappa shape index (κ2) is 6.32. The number of aryl methyl sites for hydroxylation is 2. The van der Waals surface area contributed by atoms with Crippen LogP contribution in [0.1, 0.15) is 39.6 Å². The van der Waals surface area contributed by atoms with Crippen molar-refractivity contribution < 1.29 is 19.0 Å². The lowest BCUT2D eigenvalue weighted by molar-refractivity contribution is 0.0919. The van der Waals surface area contributed by atoms with E-state index in [-0.39, 0.29) is 18.6 Å². The minimum absolute atomic E-state index is 0.0347. The van der Waals surface area contributed by atoms with Crippen LogP contribution in [0.4, 0.5) is 0 Å². The highest BCUT2D eigenvalue weighted by atomic mass is 16.7. The fraction of sp³-hybridized carbons (Fsp3) is 0.474. The van der Waals surface area contributed by atoms with Crippen molar-refractivity contribution in [1.82, 2.24) is 14.7 Å². The van der Waals surface area contributed by atoms with Gasteiger partial charge in [0.25, 0.3) is 0 Å². The number of hydrogen-bond donors (Lipinski definition) is 0. The van der Waals surface area contributed by atoms with E-state index in [1.807, 2.05) is 33.3 Å². The molecular weight excluding hydrogens is 334 g/mol. The topological polar surface area (TPSA) is 65.8 Å². The molecule has 4 rings (SSSR count). The zero-order valence-electron chi connectivity index (χ0n) is 15.5. The number of aromatic nitrogens is 2. The van der Waals surface area contributed by atoms with E-state index in [1.165, 1.54) is 0 Å². The van der Waals surface area contributed by atoms with E-state index in [0.717, 1.165) is 35.4 Å². The minimum atomic E-state index is -0.0860. The largest absolute Gasteiger partial charge is 0.492 e. The van der Waals surface area contributed by atoms with Gasteiger partial charge in [-0.1, -0.05) is 0 Å². The molecule has 7 heteroatoms. The van der Waals surface area contributed by atoms with E-state index in [9.17, 15) is 4.79 Å². The highest BCUT2D eigenvalue weighted by Gasteiger charge is 2.35. The Balaban J connectivity index is 1.74. The molecule has 2 aliphatic rings. The molecule has 138 valence electrons. The number of benzene rings is 1. The molecule has 0 fully saturated rings. The lowest BCUT2D eigenvalue weighted by atomic mass is 9.88. The van der Waals surface area contributed by atoms with Gasteiger partial charge >= 0.3 is 0 Å². The first-order valence-electron chi connectivity index (χ1n) is 8.72. The number of ketones is 1. The van der Waals surface area contributed by atoms with Crippen LogP contribution >= 0.6 is 0 Å². The fourth-order valence-corrected chi connectivity index (χ4v) is 3.94. The van der Waals surface area contributed by atoms with E-state index in [0.29, 0.717) is 23.6 Å². The van der Waals surface area contributed by atoms with E-state index in [2.05, 4.69) is 10.00 Å². The third kappa shape index (κ3) is 2.63. The molecule has 1 atom stereocenters. The fourth-order valence-electron chi connectivity index (χ4n) is 3.94. The summed E-state index contributed by atoms with van der Waals surface area (Å²) in [6.45, 7) is 2.98. The summed E-state index contributed by atoms with van der Waals surface area (Å²) in [6.07, 6.45) is 3.09. The van der Waals surface area contributed by atoms with Gasteiger partial charge in [-0.3, -0.25) is 14.4 Å². The third-order valence-electron chi connectivity index (χ3n) is 5.20. The van der Waals surface area contributed by atoms with Crippen LogP contribution in [0.2, 0.25) is 0 Å². The smallest absolute Gasteiger partial charge is 0.231 e. The molecule has 7 nitrogen and oxygen atoms in total. The van der Waals surface area contributed by atoms with E-state index in [4.69, 9.17) is 14.2 Å². The predicted octanol–water partition coefficient (Wildman–Crippen LogP) is 2.27. The van der Waals surface area contributed by atoms with Crippen molar-refractivity contribution in [3.63, 3.8) is 0 Å². The van der Waals surface area contributed by atoms with Gasteiger partial charge in [-0.15, -0.1) is 0 Å². The molecule has 0 radical (unpaired) electrons. The lowest BCUT2D eigenvalue weighted by Gasteiger charge is -2.35. The Morgan fingerprint density at radius 2 is 2.19 bits per heavy atom. The Labute approximate surface area is 152 Å². The number of hydrogen-bond acceptors (Lipinski definition) is 6. The van der Waals surface area contributed by atoms with Gasteiger partial charge < -0.3 is 14.2 Å². The van der Waals surface area contributed by atoms with Gasteiger partial charge in [-0.05, 0) is 37.6 Å². The number of carbonyl (C=O) groups is 1. The normalized spacial score (nSPS) is 18.7. The van der Waals surface area contributed by atoms with E-state index >= 15 is 0 Å². The zero-order chi connectivity index (χ0) is 18.4. The van der Waals surface area contributed by atoms with Crippen LogP contribution in [0.25, 0.3) is 0 Å². The van der Waals surface area contributed by atoms with Gasteiger partial charge in [0.05, 0.1) is 7.11 Å². The Hall–Kier alpha value is -2.54. The number of Topliss-reactive ketones (excluding diaryl/α,β-unsaturated/α-hetero) is 1. The second-order valence-electron chi connectivity index (χ2n) is 6.92. The minimum Gasteiger partial charge on any atom is -0.492 e. The SMILES string of the molecule is COc1c2c(cc3c1[C@@H](CC(=O)c1nn(C)cc1C)N(C)CC3)OCO2. The van der Waals surface area contributed by atoms with Crippen molar-refractivity contribution in [3.05, 3.63) is 34.6 Å². The second-order valence-corrected chi connectivity index (χ2v) is 6.92. The average molecular weight is 357 g/mol. The molecule has 1 aromatic heterocycles. The molecule has 0 saturated heterocycles. The number of nitrogens with zero attached hydrogens (tertiary/aromatic N) is 3. The third-order valence-corrected chi connectivity index (χ3v) is 5.20. The molecule has 3 heterocycles. The Bertz CT molecular complexity index is 874. The summed E-state index contributed by atoms with van der Waals surface area (Å²) >= 11 is 0. The van der Waals surface area contributed by atoms with Gasteiger partial charge in [-0.2, -0.15) is 5.10 Å². The van der Waals surface area contributed by atoms with Crippen molar-refractivity contribution in [1.29, 1.82) is 0 Å². The first-order chi connectivity index (χ1) is 12.5. The molecule has 0 bridgehead atoms. The molecule has 2 aliphatic heterocycles. The van der Waals surface area contributed by atoms with Gasteiger partial charge in [0.2, 0.25) is 12.5 Å². The van der Waals surface area contributed by atoms with Crippen LogP contribution in [0, 0.1) is 6.92 Å². The predicted molar refractivity (Wildman–Crippen MR) is 95.1 cm³/mol. The van der Waals surface area contributed by atoms with Crippen molar-refractivity contribution in [3.8, 4) is 17.2 Å². The molecule has 0 saturated carbocycles. The average Bonchev–Trinajstić information content (AvgIpc) is 3.21. The number of likely N-dealkylation sites (N-methyl/N-ethyl adjacent to an activating group) is 1. The maximum Gasteiger partial charge on any atom is 0.231 e. The molecule has 0 unspecified atom stereocenters. The zero-order valence-corrected chi connectivity index (χ0v) is 15.5. The van der Waals surface area contributed by atoms with E-state index < -0.39 is 0 Å². The van der Waals surface area contributed by atoms with Crippen LogP contribution in [0.15, 0.2) is 12.3 Å². The molecular formula is C19H23N3O4. The van der Waals surface area contributed by atoms with Crippen molar-refractivity contribution in [2.45, 2.75) is 25.8 Å². The Morgan fingerprint density at radius 1 is 1.38 bits per heavy atom. The summed E-state index contributed by atoms with van der Waals surface area (Å²) in [4.78, 5) is 15.1. The first-order valence-corrected chi connectivity index (χ1v) is 8.72. The van der Waals surface area contributed by atoms with Crippen LogP contribution in [0.5, 0.6) is 17.2 Å². The van der Waals surface area contributed by atoms with Crippen LogP contribution in [-0.2, 0) is 13.5 Å². The number of fused-ring (bicyclic) bond motifs is 2. The van der Waals surface area contributed by atoms with Gasteiger partial charge in [0, 0.05) is 37.8 Å². The van der Waals surface area contributed by atoms with Crippen molar-refractivity contribution >= 4 is 5.78 Å². The van der Waals surface area contributed by atoms with Crippen LogP contribution < -0.4 is 14.2 Å².